The molecule has 0 unspecified atom stereocenters. The topological polar surface area (TPSA) is 20.7 Å². The number of imidazole rings is 1. The van der Waals surface area contributed by atoms with Crippen LogP contribution in [0.1, 0.15) is 0 Å². The number of halogens is 3. The van der Waals surface area contributed by atoms with Gasteiger partial charge in [0.2, 0.25) is 0 Å². The number of benzene rings is 2. The second kappa shape index (κ2) is 5.64. The predicted octanol–water partition coefficient (Wildman–Crippen LogP) is 5.65. The standard InChI is InChI=1S/C15H9Cl2FN2S/c16-11-6-10(7-12(17)14(11)18)20-13(8-19-15(20)21)9-4-2-1-3-5-9/h1-8H,(H,19,21). The molecule has 21 heavy (non-hydrogen) atoms. The van der Waals surface area contributed by atoms with Crippen LogP contribution in [0.4, 0.5) is 4.39 Å². The monoisotopic (exact) mass is 338 g/mol. The van der Waals surface area contributed by atoms with Crippen LogP contribution < -0.4 is 0 Å². The minimum absolute atomic E-state index is 0.0420. The molecule has 3 rings (SSSR count). The highest BCUT2D eigenvalue weighted by atomic mass is 35.5. The van der Waals surface area contributed by atoms with Gasteiger partial charge >= 0.3 is 0 Å². The Morgan fingerprint density at radius 2 is 1.67 bits per heavy atom. The normalized spacial score (nSPS) is 10.8. The minimum Gasteiger partial charge on any atom is -0.336 e. The fourth-order valence-electron chi connectivity index (χ4n) is 2.12. The quantitative estimate of drug-likeness (QED) is 0.473. The molecule has 0 aliphatic carbocycles. The van der Waals surface area contributed by atoms with Gasteiger partial charge in [0.05, 0.1) is 21.4 Å². The summed E-state index contributed by atoms with van der Waals surface area (Å²) in [6.45, 7) is 0. The molecule has 0 amide bonds. The molecule has 0 saturated carbocycles. The van der Waals surface area contributed by atoms with Crippen LogP contribution in [0.5, 0.6) is 0 Å². The molecule has 1 N–H and O–H groups in total. The molecule has 2 nitrogen and oxygen atoms in total. The van der Waals surface area contributed by atoms with Crippen molar-refractivity contribution in [2.24, 2.45) is 0 Å². The summed E-state index contributed by atoms with van der Waals surface area (Å²) < 4.78 is 15.8. The molecule has 106 valence electrons. The van der Waals surface area contributed by atoms with Gasteiger partial charge in [-0.2, -0.15) is 0 Å². The van der Waals surface area contributed by atoms with Gasteiger partial charge in [-0.05, 0) is 24.4 Å². The van der Waals surface area contributed by atoms with Gasteiger partial charge in [0.15, 0.2) is 10.6 Å². The summed E-state index contributed by atoms with van der Waals surface area (Å²) in [5.74, 6) is -0.634. The molecule has 0 aliphatic rings. The second-order valence-corrected chi connectivity index (χ2v) is 5.61. The third kappa shape index (κ3) is 2.62. The van der Waals surface area contributed by atoms with Crippen LogP contribution in [-0.4, -0.2) is 9.55 Å². The van der Waals surface area contributed by atoms with Crippen LogP contribution in [0, 0.1) is 10.6 Å². The van der Waals surface area contributed by atoms with Crippen molar-refractivity contribution >= 4 is 35.4 Å². The first kappa shape index (κ1) is 14.3. The number of nitrogens with zero attached hydrogens (tertiary/aromatic N) is 1. The van der Waals surface area contributed by atoms with Crippen molar-refractivity contribution < 1.29 is 4.39 Å². The summed E-state index contributed by atoms with van der Waals surface area (Å²) in [5, 5.41) is -0.0841. The summed E-state index contributed by atoms with van der Waals surface area (Å²) >= 11 is 17.0. The van der Waals surface area contributed by atoms with Gasteiger partial charge in [-0.3, -0.25) is 4.57 Å². The molecule has 0 radical (unpaired) electrons. The van der Waals surface area contributed by atoms with Crippen LogP contribution >= 0.6 is 35.4 Å². The molecule has 0 saturated heterocycles. The second-order valence-electron chi connectivity index (χ2n) is 4.40. The van der Waals surface area contributed by atoms with E-state index >= 15 is 0 Å². The van der Waals surface area contributed by atoms with Gasteiger partial charge in [-0.15, -0.1) is 0 Å². The van der Waals surface area contributed by atoms with Crippen molar-refractivity contribution in [3.8, 4) is 16.9 Å². The Kier molecular flexibility index (Phi) is 3.85. The van der Waals surface area contributed by atoms with Gasteiger partial charge in [0, 0.05) is 11.8 Å². The molecule has 0 atom stereocenters. The summed E-state index contributed by atoms with van der Waals surface area (Å²) in [4.78, 5) is 2.99. The molecule has 0 aliphatic heterocycles. The Hall–Kier alpha value is -1.62. The molecular formula is C15H9Cl2FN2S. The van der Waals surface area contributed by atoms with Crippen LogP contribution in [-0.2, 0) is 0 Å². The lowest BCUT2D eigenvalue weighted by atomic mass is 10.1. The number of rotatable bonds is 2. The zero-order chi connectivity index (χ0) is 15.0. The first-order valence-corrected chi connectivity index (χ1v) is 7.25. The van der Waals surface area contributed by atoms with E-state index < -0.39 is 5.82 Å². The van der Waals surface area contributed by atoms with Crippen LogP contribution in [0.25, 0.3) is 16.9 Å². The van der Waals surface area contributed by atoms with Crippen LogP contribution in [0.2, 0.25) is 10.0 Å². The van der Waals surface area contributed by atoms with Gasteiger partial charge in [0.25, 0.3) is 0 Å². The minimum atomic E-state index is -0.634. The van der Waals surface area contributed by atoms with E-state index in [0.29, 0.717) is 10.5 Å². The van der Waals surface area contributed by atoms with Crippen LogP contribution in [0.15, 0.2) is 48.7 Å². The molecule has 1 heterocycles. The fourth-order valence-corrected chi connectivity index (χ4v) is 2.86. The van der Waals surface area contributed by atoms with Gasteiger partial charge < -0.3 is 4.98 Å². The predicted molar refractivity (Wildman–Crippen MR) is 86.4 cm³/mol. The maximum Gasteiger partial charge on any atom is 0.182 e. The van der Waals surface area contributed by atoms with Crippen LogP contribution in [0.3, 0.4) is 0 Å². The van der Waals surface area contributed by atoms with Crippen molar-refractivity contribution in [1.82, 2.24) is 9.55 Å². The van der Waals surface area contributed by atoms with Gasteiger partial charge in [-0.25, -0.2) is 4.39 Å². The molecule has 3 aromatic rings. The summed E-state index contributed by atoms with van der Waals surface area (Å²) in [6.07, 6.45) is 1.79. The highest BCUT2D eigenvalue weighted by molar-refractivity contribution is 7.71. The molecule has 6 heteroatoms. The van der Waals surface area contributed by atoms with E-state index in [1.54, 1.807) is 10.8 Å². The first-order valence-electron chi connectivity index (χ1n) is 6.08. The average Bonchev–Trinajstić information content (AvgIpc) is 2.87. The molecule has 0 spiro atoms. The van der Waals surface area contributed by atoms with Crippen molar-refractivity contribution in [1.29, 1.82) is 0 Å². The van der Waals surface area contributed by atoms with E-state index in [9.17, 15) is 4.39 Å². The number of H-pyrrole nitrogens is 1. The lowest BCUT2D eigenvalue weighted by molar-refractivity contribution is 0.628. The Morgan fingerprint density at radius 3 is 2.29 bits per heavy atom. The zero-order valence-corrected chi connectivity index (χ0v) is 12.9. The molecule has 0 bridgehead atoms. The Balaban J connectivity index is 2.25. The summed E-state index contributed by atoms with van der Waals surface area (Å²) in [7, 11) is 0. The molecule has 0 fully saturated rings. The van der Waals surface area contributed by atoms with E-state index in [2.05, 4.69) is 4.98 Å². The number of aromatic amines is 1. The fraction of sp³-hybridized carbons (Fsp3) is 0. The third-order valence-corrected chi connectivity index (χ3v) is 3.92. The van der Waals surface area contributed by atoms with Gasteiger partial charge in [0.1, 0.15) is 0 Å². The Labute approximate surface area is 135 Å². The van der Waals surface area contributed by atoms with E-state index in [1.807, 2.05) is 30.3 Å². The van der Waals surface area contributed by atoms with Crippen molar-refractivity contribution in [3.05, 3.63) is 69.3 Å². The average molecular weight is 339 g/mol. The molecular weight excluding hydrogens is 330 g/mol. The maximum atomic E-state index is 13.6. The Bertz CT molecular complexity index is 833. The number of aromatic nitrogens is 2. The van der Waals surface area contributed by atoms with Gasteiger partial charge in [-0.1, -0.05) is 53.5 Å². The highest BCUT2D eigenvalue weighted by Gasteiger charge is 2.13. The van der Waals surface area contributed by atoms with E-state index in [1.165, 1.54) is 12.1 Å². The summed E-state index contributed by atoms with van der Waals surface area (Å²) in [6, 6.07) is 12.7. The number of hydrogen-bond donors (Lipinski definition) is 1. The first-order chi connectivity index (χ1) is 10.1. The highest BCUT2D eigenvalue weighted by Crippen LogP contribution is 2.30. The number of hydrogen-bond acceptors (Lipinski definition) is 1. The smallest absolute Gasteiger partial charge is 0.182 e. The van der Waals surface area contributed by atoms with Crippen molar-refractivity contribution in [2.45, 2.75) is 0 Å². The molecule has 1 aromatic heterocycles. The van der Waals surface area contributed by atoms with Crippen molar-refractivity contribution in [3.63, 3.8) is 0 Å². The lowest BCUT2D eigenvalue weighted by Crippen LogP contribution is -1.98. The number of nitrogens with one attached hydrogen (secondary N) is 1. The van der Waals surface area contributed by atoms with Crippen molar-refractivity contribution in [2.75, 3.05) is 0 Å². The molecule has 2 aromatic carbocycles. The van der Waals surface area contributed by atoms with E-state index in [0.717, 1.165) is 11.3 Å². The van der Waals surface area contributed by atoms with E-state index in [4.69, 9.17) is 35.4 Å². The largest absolute Gasteiger partial charge is 0.336 e. The lowest BCUT2D eigenvalue weighted by Gasteiger charge is -2.10. The third-order valence-electron chi connectivity index (χ3n) is 3.07. The maximum absolute atomic E-state index is 13.6. The SMILES string of the molecule is Fc1c(Cl)cc(-n2c(-c3ccccc3)c[nH]c2=S)cc1Cl. The zero-order valence-electron chi connectivity index (χ0n) is 10.6. The Morgan fingerprint density at radius 1 is 1.05 bits per heavy atom. The van der Waals surface area contributed by atoms with E-state index in [-0.39, 0.29) is 10.0 Å². The summed E-state index contributed by atoms with van der Waals surface area (Å²) in [5.41, 5.74) is 2.43.